The molecule has 21 heavy (non-hydrogen) atoms. The van der Waals surface area contributed by atoms with E-state index >= 15 is 0 Å². The van der Waals surface area contributed by atoms with Crippen molar-refractivity contribution in [3.8, 4) is 0 Å². The van der Waals surface area contributed by atoms with E-state index in [-0.39, 0.29) is 22.0 Å². The lowest BCUT2D eigenvalue weighted by molar-refractivity contribution is 0.262. The van der Waals surface area contributed by atoms with Gasteiger partial charge in [-0.25, -0.2) is 17.1 Å². The predicted octanol–water partition coefficient (Wildman–Crippen LogP) is 2.62. The van der Waals surface area contributed by atoms with Crippen molar-refractivity contribution in [1.29, 1.82) is 0 Å². The zero-order valence-corrected chi connectivity index (χ0v) is 13.8. The van der Waals surface area contributed by atoms with Crippen molar-refractivity contribution >= 4 is 21.6 Å². The van der Waals surface area contributed by atoms with Gasteiger partial charge in [0.15, 0.2) is 0 Å². The Balaban J connectivity index is 2.34. The van der Waals surface area contributed by atoms with Gasteiger partial charge in [-0.1, -0.05) is 18.0 Å². The third kappa shape index (κ3) is 3.56. The van der Waals surface area contributed by atoms with Gasteiger partial charge in [-0.2, -0.15) is 0 Å². The van der Waals surface area contributed by atoms with Crippen molar-refractivity contribution in [3.05, 3.63) is 28.5 Å². The van der Waals surface area contributed by atoms with Crippen LogP contribution in [0.2, 0.25) is 5.02 Å². The Morgan fingerprint density at radius 3 is 2.62 bits per heavy atom. The largest absolute Gasteiger partial charge is 0.316 e. The van der Waals surface area contributed by atoms with Gasteiger partial charge in [0.1, 0.15) is 10.7 Å². The average molecular weight is 335 g/mol. The highest BCUT2D eigenvalue weighted by Crippen LogP contribution is 2.30. The first-order chi connectivity index (χ1) is 9.86. The van der Waals surface area contributed by atoms with E-state index in [0.717, 1.165) is 19.3 Å². The Hall–Kier alpha value is -0.690. The van der Waals surface area contributed by atoms with E-state index in [4.69, 9.17) is 11.6 Å². The molecule has 4 nitrogen and oxygen atoms in total. The number of hydrogen-bond acceptors (Lipinski definition) is 3. The molecule has 0 amide bonds. The van der Waals surface area contributed by atoms with E-state index in [1.165, 1.54) is 23.5 Å². The fourth-order valence-corrected chi connectivity index (χ4v) is 4.11. The molecule has 0 radical (unpaired) electrons. The monoisotopic (exact) mass is 334 g/mol. The van der Waals surface area contributed by atoms with Gasteiger partial charge in [0.05, 0.1) is 0 Å². The molecule has 1 aliphatic rings. The van der Waals surface area contributed by atoms with Crippen LogP contribution in [0.5, 0.6) is 0 Å². The van der Waals surface area contributed by atoms with Crippen LogP contribution < -0.4 is 5.32 Å². The quantitative estimate of drug-likeness (QED) is 0.870. The second-order valence-corrected chi connectivity index (χ2v) is 7.94. The standard InChI is InChI=1S/C14H20ClFN2O2S/c1-17-8-11-6-12(15)7-13(14(11)16)21(19,20)18(2)9-10-4-3-5-10/h6-7,10,17H,3-5,8-9H2,1-2H3. The van der Waals surface area contributed by atoms with Crippen molar-refractivity contribution in [2.24, 2.45) is 5.92 Å². The van der Waals surface area contributed by atoms with Gasteiger partial charge >= 0.3 is 0 Å². The normalized spacial score (nSPS) is 16.2. The molecule has 0 heterocycles. The van der Waals surface area contributed by atoms with Crippen LogP contribution in [0.25, 0.3) is 0 Å². The molecule has 1 saturated carbocycles. The summed E-state index contributed by atoms with van der Waals surface area (Å²) in [4.78, 5) is -0.345. The van der Waals surface area contributed by atoms with E-state index in [2.05, 4.69) is 5.32 Å². The van der Waals surface area contributed by atoms with Crippen molar-refractivity contribution in [3.63, 3.8) is 0 Å². The van der Waals surface area contributed by atoms with Gasteiger partial charge in [-0.15, -0.1) is 0 Å². The summed E-state index contributed by atoms with van der Waals surface area (Å²) in [6.07, 6.45) is 3.20. The Morgan fingerprint density at radius 2 is 2.10 bits per heavy atom. The highest BCUT2D eigenvalue weighted by molar-refractivity contribution is 7.89. The minimum Gasteiger partial charge on any atom is -0.316 e. The first-order valence-corrected chi connectivity index (χ1v) is 8.77. The van der Waals surface area contributed by atoms with Gasteiger partial charge < -0.3 is 5.32 Å². The first-order valence-electron chi connectivity index (χ1n) is 6.95. The molecule has 2 rings (SSSR count). The summed E-state index contributed by atoms with van der Waals surface area (Å²) < 4.78 is 40.7. The molecule has 7 heteroatoms. The minimum atomic E-state index is -3.86. The van der Waals surface area contributed by atoms with E-state index in [0.29, 0.717) is 12.5 Å². The number of sulfonamides is 1. The summed E-state index contributed by atoms with van der Waals surface area (Å²) >= 11 is 5.94. The van der Waals surface area contributed by atoms with Crippen LogP contribution >= 0.6 is 11.6 Å². The molecule has 0 bridgehead atoms. The number of halogens is 2. The topological polar surface area (TPSA) is 49.4 Å². The van der Waals surface area contributed by atoms with Crippen LogP contribution in [-0.2, 0) is 16.6 Å². The molecule has 0 spiro atoms. The molecule has 0 aliphatic heterocycles. The zero-order valence-electron chi connectivity index (χ0n) is 12.2. The lowest BCUT2D eigenvalue weighted by atomic mass is 9.86. The number of nitrogens with zero attached hydrogens (tertiary/aromatic N) is 1. The molecule has 1 aromatic rings. The zero-order chi connectivity index (χ0) is 15.6. The molecule has 118 valence electrons. The molecule has 0 atom stereocenters. The first kappa shape index (κ1) is 16.7. The second-order valence-electron chi connectivity index (χ2n) is 5.49. The molecule has 1 aromatic carbocycles. The molecule has 1 fully saturated rings. The maximum atomic E-state index is 14.4. The Kier molecular flexibility index (Phi) is 5.24. The summed E-state index contributed by atoms with van der Waals surface area (Å²) in [7, 11) is -0.702. The summed E-state index contributed by atoms with van der Waals surface area (Å²) in [5.41, 5.74) is 0.251. The lowest BCUT2D eigenvalue weighted by Gasteiger charge is -2.29. The van der Waals surface area contributed by atoms with Crippen LogP contribution in [0, 0.1) is 11.7 Å². The second kappa shape index (κ2) is 6.60. The summed E-state index contributed by atoms with van der Waals surface area (Å²) in [5, 5.41) is 3.02. The van der Waals surface area contributed by atoms with Gasteiger partial charge in [-0.05, 0) is 37.9 Å². The number of nitrogens with one attached hydrogen (secondary N) is 1. The maximum Gasteiger partial charge on any atom is 0.245 e. The molecule has 0 aromatic heterocycles. The summed E-state index contributed by atoms with van der Waals surface area (Å²) in [6, 6.07) is 2.63. The highest BCUT2D eigenvalue weighted by atomic mass is 35.5. The van der Waals surface area contributed by atoms with Crippen molar-refractivity contribution < 1.29 is 12.8 Å². The molecule has 0 unspecified atom stereocenters. The van der Waals surface area contributed by atoms with Gasteiger partial charge in [0.25, 0.3) is 0 Å². The van der Waals surface area contributed by atoms with Crippen molar-refractivity contribution in [2.45, 2.75) is 30.7 Å². The fraction of sp³-hybridized carbons (Fsp3) is 0.571. The maximum absolute atomic E-state index is 14.4. The van der Waals surface area contributed by atoms with Crippen LogP contribution in [0.1, 0.15) is 24.8 Å². The summed E-state index contributed by atoms with van der Waals surface area (Å²) in [6.45, 7) is 0.650. The van der Waals surface area contributed by atoms with Crippen molar-refractivity contribution in [2.75, 3.05) is 20.6 Å². The number of benzene rings is 1. The fourth-order valence-electron chi connectivity index (χ4n) is 2.43. The van der Waals surface area contributed by atoms with Crippen LogP contribution in [0.4, 0.5) is 4.39 Å². The van der Waals surface area contributed by atoms with Crippen LogP contribution in [-0.4, -0.2) is 33.4 Å². The molecular weight excluding hydrogens is 315 g/mol. The molecule has 1 aliphatic carbocycles. The van der Waals surface area contributed by atoms with E-state index in [1.54, 1.807) is 7.05 Å². The summed E-state index contributed by atoms with van der Waals surface area (Å²) in [5.74, 6) is -0.349. The van der Waals surface area contributed by atoms with Gasteiger partial charge in [0.2, 0.25) is 10.0 Å². The Labute approximate surface area is 130 Å². The molecule has 1 N–H and O–H groups in total. The smallest absolute Gasteiger partial charge is 0.245 e. The highest BCUT2D eigenvalue weighted by Gasteiger charge is 2.30. The van der Waals surface area contributed by atoms with E-state index in [9.17, 15) is 12.8 Å². The molecular formula is C14H20ClFN2O2S. The minimum absolute atomic E-state index is 0.220. The van der Waals surface area contributed by atoms with E-state index in [1.807, 2.05) is 0 Å². The van der Waals surface area contributed by atoms with E-state index < -0.39 is 15.8 Å². The Bertz CT molecular complexity index is 618. The van der Waals surface area contributed by atoms with Crippen LogP contribution in [0.15, 0.2) is 17.0 Å². The average Bonchev–Trinajstić information content (AvgIpc) is 2.37. The van der Waals surface area contributed by atoms with Gasteiger partial charge in [0, 0.05) is 30.7 Å². The van der Waals surface area contributed by atoms with Gasteiger partial charge in [-0.3, -0.25) is 0 Å². The number of hydrogen-bond donors (Lipinski definition) is 1. The predicted molar refractivity (Wildman–Crippen MR) is 81.3 cm³/mol. The lowest BCUT2D eigenvalue weighted by Crippen LogP contribution is -2.34. The third-order valence-corrected chi connectivity index (χ3v) is 5.92. The van der Waals surface area contributed by atoms with Crippen LogP contribution in [0.3, 0.4) is 0 Å². The number of rotatable bonds is 6. The third-order valence-electron chi connectivity index (χ3n) is 3.87. The Morgan fingerprint density at radius 1 is 1.43 bits per heavy atom. The molecule has 0 saturated heterocycles. The SMILES string of the molecule is CNCc1cc(Cl)cc(S(=O)(=O)N(C)CC2CCC2)c1F. The van der Waals surface area contributed by atoms with Crippen molar-refractivity contribution in [1.82, 2.24) is 9.62 Å².